The van der Waals surface area contributed by atoms with Crippen LogP contribution in [0.5, 0.6) is 0 Å². The van der Waals surface area contributed by atoms with E-state index in [9.17, 15) is 4.79 Å². The van der Waals surface area contributed by atoms with Crippen molar-refractivity contribution in [1.82, 2.24) is 0 Å². The zero-order valence-electron chi connectivity index (χ0n) is 11.8. The number of anilines is 1. The molecule has 1 unspecified atom stereocenters. The van der Waals surface area contributed by atoms with Gasteiger partial charge in [-0.2, -0.15) is 0 Å². The van der Waals surface area contributed by atoms with Gasteiger partial charge in [0.1, 0.15) is 0 Å². The van der Waals surface area contributed by atoms with Gasteiger partial charge in [0.25, 0.3) is 0 Å². The number of halogens is 2. The van der Waals surface area contributed by atoms with E-state index in [1.54, 1.807) is 6.07 Å². The first-order valence-electron chi connectivity index (χ1n) is 6.51. The molecular formula is C16H16BrClN2O. The second-order valence-electron chi connectivity index (χ2n) is 4.87. The largest absolute Gasteiger partial charge is 0.378 e. The molecule has 21 heavy (non-hydrogen) atoms. The molecule has 2 aromatic carbocycles. The molecule has 3 nitrogen and oxygen atoms in total. The van der Waals surface area contributed by atoms with Crippen molar-refractivity contribution < 1.29 is 4.79 Å². The standard InChI is InChI=1S/C16H16BrClN2O/c1-9-12(16(19)21)4-3-5-15(9)20-10(2)13-7-6-11(17)8-14(13)18/h3-8,10,20H,1-2H3,(H2,19,21). The van der Waals surface area contributed by atoms with Crippen molar-refractivity contribution in [2.45, 2.75) is 19.9 Å². The van der Waals surface area contributed by atoms with Crippen LogP contribution >= 0.6 is 27.5 Å². The second-order valence-corrected chi connectivity index (χ2v) is 6.20. The molecule has 0 radical (unpaired) electrons. The highest BCUT2D eigenvalue weighted by Gasteiger charge is 2.13. The lowest BCUT2D eigenvalue weighted by Gasteiger charge is -2.19. The molecule has 2 aromatic rings. The highest BCUT2D eigenvalue weighted by Crippen LogP contribution is 2.30. The number of benzene rings is 2. The summed E-state index contributed by atoms with van der Waals surface area (Å²) in [5.74, 6) is -0.425. The first-order chi connectivity index (χ1) is 9.90. The monoisotopic (exact) mass is 366 g/mol. The number of carbonyl (C=O) groups is 1. The van der Waals surface area contributed by atoms with Crippen molar-refractivity contribution in [2.75, 3.05) is 5.32 Å². The number of amides is 1. The van der Waals surface area contributed by atoms with Gasteiger partial charge in [-0.25, -0.2) is 0 Å². The molecule has 0 saturated heterocycles. The van der Waals surface area contributed by atoms with E-state index in [-0.39, 0.29) is 6.04 Å². The SMILES string of the molecule is Cc1c(NC(C)c2ccc(Br)cc2Cl)cccc1C(N)=O. The normalized spacial score (nSPS) is 12.0. The van der Waals surface area contributed by atoms with Gasteiger partial charge in [-0.3, -0.25) is 4.79 Å². The minimum atomic E-state index is -0.425. The Morgan fingerprint density at radius 2 is 2.05 bits per heavy atom. The van der Waals surface area contributed by atoms with Gasteiger partial charge in [-0.05, 0) is 49.2 Å². The van der Waals surface area contributed by atoms with E-state index < -0.39 is 5.91 Å². The van der Waals surface area contributed by atoms with Gasteiger partial charge < -0.3 is 11.1 Å². The number of hydrogen-bond donors (Lipinski definition) is 2. The average Bonchev–Trinajstić information content (AvgIpc) is 2.40. The first-order valence-corrected chi connectivity index (χ1v) is 7.68. The fourth-order valence-electron chi connectivity index (χ4n) is 2.22. The fraction of sp³-hybridized carbons (Fsp3) is 0.188. The molecule has 1 atom stereocenters. The van der Waals surface area contributed by atoms with Gasteiger partial charge in [0.05, 0.1) is 6.04 Å². The second kappa shape index (κ2) is 6.50. The molecule has 0 aliphatic rings. The van der Waals surface area contributed by atoms with Crippen LogP contribution in [0.3, 0.4) is 0 Å². The predicted octanol–water partition coefficient (Wildman–Crippen LogP) is 4.68. The van der Waals surface area contributed by atoms with Crippen LogP contribution in [0.1, 0.15) is 34.5 Å². The van der Waals surface area contributed by atoms with E-state index in [1.807, 2.05) is 44.2 Å². The Labute approximate surface area is 137 Å². The lowest BCUT2D eigenvalue weighted by Crippen LogP contribution is -2.15. The Bertz CT molecular complexity index is 688. The van der Waals surface area contributed by atoms with Crippen molar-refractivity contribution in [2.24, 2.45) is 5.73 Å². The maximum atomic E-state index is 11.4. The molecule has 1 amide bonds. The number of nitrogens with one attached hydrogen (secondary N) is 1. The van der Waals surface area contributed by atoms with Crippen molar-refractivity contribution in [3.63, 3.8) is 0 Å². The smallest absolute Gasteiger partial charge is 0.249 e. The highest BCUT2D eigenvalue weighted by atomic mass is 79.9. The minimum Gasteiger partial charge on any atom is -0.378 e. The summed E-state index contributed by atoms with van der Waals surface area (Å²) >= 11 is 9.66. The van der Waals surface area contributed by atoms with E-state index >= 15 is 0 Å². The van der Waals surface area contributed by atoms with E-state index in [0.29, 0.717) is 10.6 Å². The molecule has 0 saturated carbocycles. The van der Waals surface area contributed by atoms with Crippen LogP contribution in [0.2, 0.25) is 5.02 Å². The van der Waals surface area contributed by atoms with Crippen molar-refractivity contribution >= 4 is 39.1 Å². The Morgan fingerprint density at radius 1 is 1.33 bits per heavy atom. The van der Waals surface area contributed by atoms with Gasteiger partial charge in [0, 0.05) is 20.7 Å². The summed E-state index contributed by atoms with van der Waals surface area (Å²) in [6.07, 6.45) is 0. The van der Waals surface area contributed by atoms with Gasteiger partial charge >= 0.3 is 0 Å². The molecule has 0 aliphatic heterocycles. The highest BCUT2D eigenvalue weighted by molar-refractivity contribution is 9.10. The molecule has 110 valence electrons. The van der Waals surface area contributed by atoms with Crippen LogP contribution in [0.4, 0.5) is 5.69 Å². The van der Waals surface area contributed by atoms with Gasteiger partial charge in [0.15, 0.2) is 0 Å². The molecule has 2 rings (SSSR count). The molecule has 0 fully saturated rings. The Balaban J connectivity index is 2.29. The summed E-state index contributed by atoms with van der Waals surface area (Å²) in [6, 6.07) is 11.2. The summed E-state index contributed by atoms with van der Waals surface area (Å²) < 4.78 is 0.940. The number of primary amides is 1. The molecule has 5 heteroatoms. The van der Waals surface area contributed by atoms with Gasteiger partial charge in [0.2, 0.25) is 5.91 Å². The minimum absolute atomic E-state index is 0.00688. The molecule has 3 N–H and O–H groups in total. The number of carbonyl (C=O) groups excluding carboxylic acids is 1. The molecular weight excluding hydrogens is 352 g/mol. The lowest BCUT2D eigenvalue weighted by atomic mass is 10.0. The summed E-state index contributed by atoms with van der Waals surface area (Å²) in [5.41, 5.74) is 8.60. The van der Waals surface area contributed by atoms with Gasteiger partial charge in [-0.1, -0.05) is 39.7 Å². The van der Waals surface area contributed by atoms with Crippen LogP contribution < -0.4 is 11.1 Å². The number of rotatable bonds is 4. The molecule has 0 heterocycles. The summed E-state index contributed by atoms with van der Waals surface area (Å²) in [6.45, 7) is 3.89. The van der Waals surface area contributed by atoms with E-state index in [4.69, 9.17) is 17.3 Å². The lowest BCUT2D eigenvalue weighted by molar-refractivity contribution is 0.1000. The Hall–Kier alpha value is -1.52. The third kappa shape index (κ3) is 3.57. The third-order valence-electron chi connectivity index (χ3n) is 3.40. The quantitative estimate of drug-likeness (QED) is 0.824. The number of nitrogens with two attached hydrogens (primary N) is 1. The average molecular weight is 368 g/mol. The molecule has 0 aromatic heterocycles. The van der Waals surface area contributed by atoms with Crippen molar-refractivity contribution in [3.05, 3.63) is 62.6 Å². The van der Waals surface area contributed by atoms with Crippen LogP contribution in [0.15, 0.2) is 40.9 Å². The van der Waals surface area contributed by atoms with Crippen molar-refractivity contribution in [1.29, 1.82) is 0 Å². The molecule has 0 bridgehead atoms. The van der Waals surface area contributed by atoms with Crippen LogP contribution in [-0.4, -0.2) is 5.91 Å². The van der Waals surface area contributed by atoms with E-state index in [2.05, 4.69) is 21.2 Å². The Kier molecular flexibility index (Phi) is 4.91. The Morgan fingerprint density at radius 3 is 2.67 bits per heavy atom. The maximum absolute atomic E-state index is 11.4. The predicted molar refractivity (Wildman–Crippen MR) is 90.9 cm³/mol. The zero-order valence-corrected chi connectivity index (χ0v) is 14.1. The van der Waals surface area contributed by atoms with E-state index in [0.717, 1.165) is 21.3 Å². The summed E-state index contributed by atoms with van der Waals surface area (Å²) in [5, 5.41) is 4.06. The maximum Gasteiger partial charge on any atom is 0.249 e. The van der Waals surface area contributed by atoms with Crippen LogP contribution in [0.25, 0.3) is 0 Å². The third-order valence-corrected chi connectivity index (χ3v) is 4.22. The molecule has 0 aliphatic carbocycles. The summed E-state index contributed by atoms with van der Waals surface area (Å²) in [4.78, 5) is 11.4. The zero-order chi connectivity index (χ0) is 15.6. The number of hydrogen-bond acceptors (Lipinski definition) is 2. The molecule has 0 spiro atoms. The first kappa shape index (κ1) is 15.9. The topological polar surface area (TPSA) is 55.1 Å². The van der Waals surface area contributed by atoms with Crippen LogP contribution in [0, 0.1) is 6.92 Å². The van der Waals surface area contributed by atoms with Crippen molar-refractivity contribution in [3.8, 4) is 0 Å². The fourth-order valence-corrected chi connectivity index (χ4v) is 3.06. The summed E-state index contributed by atoms with van der Waals surface area (Å²) in [7, 11) is 0. The van der Waals surface area contributed by atoms with Crippen LogP contribution in [-0.2, 0) is 0 Å². The van der Waals surface area contributed by atoms with E-state index in [1.165, 1.54) is 0 Å². The van der Waals surface area contributed by atoms with Gasteiger partial charge in [-0.15, -0.1) is 0 Å².